The smallest absolute Gasteiger partial charge is 0.269 e. The predicted octanol–water partition coefficient (Wildman–Crippen LogP) is 1.19. The highest BCUT2D eigenvalue weighted by atomic mass is 16.6. The van der Waals surface area contributed by atoms with Crippen molar-refractivity contribution in [1.82, 2.24) is 0 Å². The van der Waals surface area contributed by atoms with Crippen LogP contribution in [0.5, 0.6) is 0 Å². The van der Waals surface area contributed by atoms with Crippen molar-refractivity contribution in [2.24, 2.45) is 5.92 Å². The van der Waals surface area contributed by atoms with Crippen LogP contribution >= 0.6 is 0 Å². The van der Waals surface area contributed by atoms with Crippen LogP contribution in [0.4, 0.5) is 11.4 Å². The molecular formula is C12H14N2O5. The van der Waals surface area contributed by atoms with E-state index in [-0.39, 0.29) is 29.7 Å². The summed E-state index contributed by atoms with van der Waals surface area (Å²) < 4.78 is 10.2. The fraction of sp³-hybridized carbons (Fsp3) is 0.417. The van der Waals surface area contributed by atoms with Gasteiger partial charge in [0.15, 0.2) is 0 Å². The summed E-state index contributed by atoms with van der Waals surface area (Å²) in [5, 5.41) is 13.2. The molecule has 0 saturated heterocycles. The molecule has 1 saturated carbocycles. The van der Waals surface area contributed by atoms with E-state index < -0.39 is 4.92 Å². The van der Waals surface area contributed by atoms with E-state index in [0.717, 1.165) is 0 Å². The van der Waals surface area contributed by atoms with Gasteiger partial charge >= 0.3 is 0 Å². The van der Waals surface area contributed by atoms with Gasteiger partial charge in [0, 0.05) is 32.0 Å². The van der Waals surface area contributed by atoms with E-state index in [9.17, 15) is 14.9 Å². The van der Waals surface area contributed by atoms with Crippen LogP contribution in [0, 0.1) is 16.0 Å². The molecule has 2 rings (SSSR count). The number of non-ortho nitro benzene ring substituents is 1. The summed E-state index contributed by atoms with van der Waals surface area (Å²) in [5.41, 5.74) is 0.487. The molecule has 1 aromatic carbocycles. The third kappa shape index (κ3) is 2.72. The van der Waals surface area contributed by atoms with E-state index in [0.29, 0.717) is 5.69 Å². The Morgan fingerprint density at radius 2 is 1.74 bits per heavy atom. The van der Waals surface area contributed by atoms with Crippen LogP contribution in [0.2, 0.25) is 0 Å². The number of rotatable bonds is 5. The Balaban J connectivity index is 1.98. The summed E-state index contributed by atoms with van der Waals surface area (Å²) in [6, 6.07) is 5.65. The van der Waals surface area contributed by atoms with Gasteiger partial charge in [-0.3, -0.25) is 14.9 Å². The first-order valence-corrected chi connectivity index (χ1v) is 5.69. The number of benzene rings is 1. The van der Waals surface area contributed by atoms with E-state index in [4.69, 9.17) is 9.47 Å². The van der Waals surface area contributed by atoms with Gasteiger partial charge in [0.2, 0.25) is 5.91 Å². The lowest BCUT2D eigenvalue weighted by Crippen LogP contribution is -2.17. The monoisotopic (exact) mass is 266 g/mol. The van der Waals surface area contributed by atoms with E-state index in [1.54, 1.807) is 0 Å². The second-order valence-corrected chi connectivity index (χ2v) is 4.22. The summed E-state index contributed by atoms with van der Waals surface area (Å²) >= 11 is 0. The van der Waals surface area contributed by atoms with Crippen molar-refractivity contribution in [3.63, 3.8) is 0 Å². The largest absolute Gasteiger partial charge is 0.378 e. The molecule has 1 amide bonds. The molecule has 0 aliphatic heterocycles. The number of anilines is 1. The number of carbonyl (C=O) groups is 1. The number of nitrogens with zero attached hydrogens (tertiary/aromatic N) is 1. The van der Waals surface area contributed by atoms with Crippen LogP contribution in [0.1, 0.15) is 0 Å². The first-order valence-electron chi connectivity index (χ1n) is 5.69. The molecule has 3 atom stereocenters. The summed E-state index contributed by atoms with van der Waals surface area (Å²) in [7, 11) is 3.05. The van der Waals surface area contributed by atoms with Crippen molar-refractivity contribution in [3.8, 4) is 0 Å². The second kappa shape index (κ2) is 5.33. The van der Waals surface area contributed by atoms with Gasteiger partial charge in [-0.2, -0.15) is 0 Å². The molecule has 102 valence electrons. The average molecular weight is 266 g/mol. The van der Waals surface area contributed by atoms with Gasteiger partial charge < -0.3 is 14.8 Å². The molecular weight excluding hydrogens is 252 g/mol. The van der Waals surface area contributed by atoms with Crippen molar-refractivity contribution in [1.29, 1.82) is 0 Å². The summed E-state index contributed by atoms with van der Waals surface area (Å²) in [4.78, 5) is 21.9. The summed E-state index contributed by atoms with van der Waals surface area (Å²) in [5.74, 6) is -0.558. The minimum Gasteiger partial charge on any atom is -0.378 e. The standard InChI is InChI=1S/C12H14N2O5/c1-18-10-9(11(10)19-2)12(15)13-7-3-5-8(6-4-7)14(16)17/h3-6,9-11H,1-2H3,(H,13,15)/t9?,10-,11?/m0/s1. The lowest BCUT2D eigenvalue weighted by molar-refractivity contribution is -0.384. The molecule has 1 aliphatic rings. The van der Waals surface area contributed by atoms with Gasteiger partial charge in [-0.1, -0.05) is 0 Å². The van der Waals surface area contributed by atoms with Gasteiger partial charge in [0.05, 0.1) is 23.0 Å². The zero-order valence-electron chi connectivity index (χ0n) is 10.5. The fourth-order valence-electron chi connectivity index (χ4n) is 2.01. The van der Waals surface area contributed by atoms with Gasteiger partial charge in [-0.25, -0.2) is 0 Å². The van der Waals surface area contributed by atoms with E-state index >= 15 is 0 Å². The molecule has 7 heteroatoms. The molecule has 7 nitrogen and oxygen atoms in total. The second-order valence-electron chi connectivity index (χ2n) is 4.22. The van der Waals surface area contributed by atoms with Crippen LogP contribution < -0.4 is 5.32 Å². The van der Waals surface area contributed by atoms with Crippen LogP contribution in [0.3, 0.4) is 0 Å². The number of carbonyl (C=O) groups excluding carboxylic acids is 1. The molecule has 0 heterocycles. The van der Waals surface area contributed by atoms with Crippen molar-refractivity contribution in [2.45, 2.75) is 12.2 Å². The third-order valence-corrected chi connectivity index (χ3v) is 3.08. The Bertz CT molecular complexity index is 477. The molecule has 1 fully saturated rings. The van der Waals surface area contributed by atoms with Gasteiger partial charge in [0.25, 0.3) is 5.69 Å². The zero-order valence-corrected chi connectivity index (χ0v) is 10.5. The molecule has 0 bridgehead atoms. The van der Waals surface area contributed by atoms with Crippen molar-refractivity contribution >= 4 is 17.3 Å². The minimum atomic E-state index is -0.492. The predicted molar refractivity (Wildman–Crippen MR) is 66.8 cm³/mol. The number of nitrogens with one attached hydrogen (secondary N) is 1. The third-order valence-electron chi connectivity index (χ3n) is 3.08. The highest BCUT2D eigenvalue weighted by molar-refractivity contribution is 5.95. The molecule has 1 aromatic rings. The quantitative estimate of drug-likeness (QED) is 0.638. The van der Waals surface area contributed by atoms with E-state index in [1.165, 1.54) is 38.5 Å². The Kier molecular flexibility index (Phi) is 3.77. The Morgan fingerprint density at radius 1 is 1.21 bits per heavy atom. The van der Waals surface area contributed by atoms with Crippen molar-refractivity contribution < 1.29 is 19.2 Å². The number of amides is 1. The lowest BCUT2D eigenvalue weighted by atomic mass is 10.2. The van der Waals surface area contributed by atoms with E-state index in [1.807, 2.05) is 0 Å². The SMILES string of the molecule is COC1C(C(=O)Nc2ccc([N+](=O)[O-])cc2)[C@@H]1OC. The molecule has 19 heavy (non-hydrogen) atoms. The summed E-state index contributed by atoms with van der Waals surface area (Å²) in [6.45, 7) is 0. The molecule has 1 aliphatic carbocycles. The molecule has 0 spiro atoms. The normalized spacial score (nSPS) is 24.8. The average Bonchev–Trinajstić information content (AvgIpc) is 3.12. The molecule has 0 radical (unpaired) electrons. The van der Waals surface area contributed by atoms with Gasteiger partial charge in [-0.15, -0.1) is 0 Å². The van der Waals surface area contributed by atoms with Crippen molar-refractivity contribution in [3.05, 3.63) is 34.4 Å². The number of nitro groups is 1. The number of hydrogen-bond acceptors (Lipinski definition) is 5. The maximum atomic E-state index is 11.9. The van der Waals surface area contributed by atoms with E-state index in [2.05, 4.69) is 5.32 Å². The van der Waals surface area contributed by atoms with Gasteiger partial charge in [0.1, 0.15) is 0 Å². The number of ether oxygens (including phenoxy) is 2. The Labute approximate surface area is 109 Å². The molecule has 2 unspecified atom stereocenters. The maximum absolute atomic E-state index is 11.9. The Morgan fingerprint density at radius 3 is 2.16 bits per heavy atom. The zero-order chi connectivity index (χ0) is 14.0. The topological polar surface area (TPSA) is 90.7 Å². The highest BCUT2D eigenvalue weighted by Crippen LogP contribution is 2.37. The van der Waals surface area contributed by atoms with Crippen molar-refractivity contribution in [2.75, 3.05) is 19.5 Å². The first-order chi connectivity index (χ1) is 9.08. The van der Waals surface area contributed by atoms with Gasteiger partial charge in [-0.05, 0) is 12.1 Å². The van der Waals surface area contributed by atoms with Crippen LogP contribution in [0.25, 0.3) is 0 Å². The van der Waals surface area contributed by atoms with Crippen LogP contribution in [0.15, 0.2) is 24.3 Å². The maximum Gasteiger partial charge on any atom is 0.269 e. The number of hydrogen-bond donors (Lipinski definition) is 1. The fourth-order valence-corrected chi connectivity index (χ4v) is 2.01. The highest BCUT2D eigenvalue weighted by Gasteiger charge is 2.56. The first kappa shape index (κ1) is 13.4. The summed E-state index contributed by atoms with van der Waals surface area (Å²) in [6.07, 6.45) is -0.467. The lowest BCUT2D eigenvalue weighted by Gasteiger charge is -2.04. The number of methoxy groups -OCH3 is 2. The minimum absolute atomic E-state index is 0.0195. The molecule has 0 aromatic heterocycles. The molecule has 1 N–H and O–H groups in total. The van der Waals surface area contributed by atoms with Crippen LogP contribution in [-0.4, -0.2) is 37.3 Å². The number of nitro benzene ring substituents is 1. The Hall–Kier alpha value is -1.99. The van der Waals surface area contributed by atoms with Crippen LogP contribution in [-0.2, 0) is 14.3 Å².